The van der Waals surface area contributed by atoms with Crippen LogP contribution >= 0.6 is 0 Å². The number of hydrogen-bond donors (Lipinski definition) is 0. The van der Waals surface area contributed by atoms with E-state index in [1.165, 1.54) is 0 Å². The molecular weight excluding hydrogens is 380 g/mol. The SMILES string of the molecule is Cc1cc(N2CCC(Cn3nc(-n4cccn4)ccc3=O)CC2)n2nc(C)cc2n1. The van der Waals surface area contributed by atoms with E-state index in [-0.39, 0.29) is 5.56 Å². The number of aryl methyl sites for hydroxylation is 2. The van der Waals surface area contributed by atoms with E-state index < -0.39 is 0 Å². The van der Waals surface area contributed by atoms with Gasteiger partial charge in [-0.25, -0.2) is 14.3 Å². The van der Waals surface area contributed by atoms with Crippen molar-refractivity contribution in [3.63, 3.8) is 0 Å². The largest absolute Gasteiger partial charge is 0.356 e. The van der Waals surface area contributed by atoms with Gasteiger partial charge in [-0.3, -0.25) is 4.79 Å². The first-order valence-corrected chi connectivity index (χ1v) is 10.2. The fraction of sp³-hybridized carbons (Fsp3) is 0.381. The van der Waals surface area contributed by atoms with Crippen molar-refractivity contribution < 1.29 is 0 Å². The Kier molecular flexibility index (Phi) is 4.57. The van der Waals surface area contributed by atoms with Gasteiger partial charge in [-0.15, -0.1) is 5.10 Å². The zero-order valence-electron chi connectivity index (χ0n) is 17.1. The predicted molar refractivity (Wildman–Crippen MR) is 113 cm³/mol. The topological polar surface area (TPSA) is 86.1 Å². The third-order valence-corrected chi connectivity index (χ3v) is 5.62. The second kappa shape index (κ2) is 7.40. The third kappa shape index (κ3) is 3.47. The highest BCUT2D eigenvalue weighted by Crippen LogP contribution is 2.25. The highest BCUT2D eigenvalue weighted by molar-refractivity contribution is 5.52. The zero-order chi connectivity index (χ0) is 20.7. The molecular formula is C21H24N8O. The van der Waals surface area contributed by atoms with Gasteiger partial charge in [0.15, 0.2) is 11.5 Å². The van der Waals surface area contributed by atoms with Crippen LogP contribution in [0.4, 0.5) is 5.82 Å². The second-order valence-corrected chi connectivity index (χ2v) is 7.90. The van der Waals surface area contributed by atoms with Crippen LogP contribution in [0.2, 0.25) is 0 Å². The highest BCUT2D eigenvalue weighted by Gasteiger charge is 2.23. The fourth-order valence-electron chi connectivity index (χ4n) is 4.10. The molecule has 0 saturated carbocycles. The van der Waals surface area contributed by atoms with E-state index in [0.29, 0.717) is 18.3 Å². The van der Waals surface area contributed by atoms with Gasteiger partial charge < -0.3 is 4.90 Å². The molecule has 5 rings (SSSR count). The van der Waals surface area contributed by atoms with Crippen molar-refractivity contribution in [2.75, 3.05) is 18.0 Å². The molecule has 30 heavy (non-hydrogen) atoms. The average Bonchev–Trinajstić information content (AvgIpc) is 3.39. The minimum absolute atomic E-state index is 0.0770. The smallest absolute Gasteiger partial charge is 0.266 e. The van der Waals surface area contributed by atoms with Crippen LogP contribution < -0.4 is 10.5 Å². The first-order chi connectivity index (χ1) is 14.6. The Balaban J connectivity index is 1.32. The fourth-order valence-corrected chi connectivity index (χ4v) is 4.10. The number of aromatic nitrogens is 7. The van der Waals surface area contributed by atoms with Crippen molar-refractivity contribution in [3.8, 4) is 5.82 Å². The number of hydrogen-bond acceptors (Lipinski definition) is 6. The Morgan fingerprint density at radius 3 is 2.67 bits per heavy atom. The van der Waals surface area contributed by atoms with Gasteiger partial charge >= 0.3 is 0 Å². The highest BCUT2D eigenvalue weighted by atomic mass is 16.1. The number of anilines is 1. The Hall–Kier alpha value is -3.49. The lowest BCUT2D eigenvalue weighted by molar-refractivity contribution is 0.333. The molecule has 0 aliphatic carbocycles. The molecule has 0 atom stereocenters. The molecule has 0 radical (unpaired) electrons. The number of nitrogens with zero attached hydrogens (tertiary/aromatic N) is 8. The molecule has 1 fully saturated rings. The first kappa shape index (κ1) is 18.5. The summed E-state index contributed by atoms with van der Waals surface area (Å²) < 4.78 is 5.17. The van der Waals surface area contributed by atoms with Crippen LogP contribution in [-0.4, -0.2) is 47.2 Å². The van der Waals surface area contributed by atoms with Crippen molar-refractivity contribution in [1.82, 2.24) is 34.2 Å². The van der Waals surface area contributed by atoms with Crippen LogP contribution in [0.1, 0.15) is 24.2 Å². The van der Waals surface area contributed by atoms with Gasteiger partial charge in [0.2, 0.25) is 0 Å². The summed E-state index contributed by atoms with van der Waals surface area (Å²) in [6.45, 7) is 6.45. The minimum Gasteiger partial charge on any atom is -0.356 e. The summed E-state index contributed by atoms with van der Waals surface area (Å²) >= 11 is 0. The van der Waals surface area contributed by atoms with E-state index in [1.54, 1.807) is 27.7 Å². The molecule has 1 saturated heterocycles. The lowest BCUT2D eigenvalue weighted by Gasteiger charge is -2.33. The second-order valence-electron chi connectivity index (χ2n) is 7.90. The van der Waals surface area contributed by atoms with Gasteiger partial charge in [0.05, 0.1) is 5.69 Å². The normalized spacial score (nSPS) is 15.2. The quantitative estimate of drug-likeness (QED) is 0.517. The number of rotatable bonds is 4. The molecule has 9 heteroatoms. The van der Waals surface area contributed by atoms with Crippen LogP contribution in [0.3, 0.4) is 0 Å². The summed E-state index contributed by atoms with van der Waals surface area (Å²) in [5, 5.41) is 13.3. The molecule has 0 bridgehead atoms. The van der Waals surface area contributed by atoms with E-state index in [1.807, 2.05) is 36.7 Å². The van der Waals surface area contributed by atoms with Crippen molar-refractivity contribution in [2.45, 2.75) is 33.2 Å². The molecule has 0 spiro atoms. The van der Waals surface area contributed by atoms with Crippen molar-refractivity contribution in [3.05, 3.63) is 64.5 Å². The maximum atomic E-state index is 12.3. The summed E-state index contributed by atoms with van der Waals surface area (Å²) in [7, 11) is 0. The van der Waals surface area contributed by atoms with Crippen molar-refractivity contribution in [2.24, 2.45) is 5.92 Å². The van der Waals surface area contributed by atoms with E-state index in [9.17, 15) is 4.79 Å². The first-order valence-electron chi connectivity index (χ1n) is 10.2. The number of piperidine rings is 1. The summed E-state index contributed by atoms with van der Waals surface area (Å²) in [5.74, 6) is 2.14. The molecule has 154 valence electrons. The van der Waals surface area contributed by atoms with Gasteiger partial charge in [0.1, 0.15) is 5.82 Å². The summed E-state index contributed by atoms with van der Waals surface area (Å²) in [6, 6.07) is 9.21. The molecule has 0 N–H and O–H groups in total. The lowest BCUT2D eigenvalue weighted by atomic mass is 9.97. The van der Waals surface area contributed by atoms with Crippen LogP contribution in [0.25, 0.3) is 11.5 Å². The molecule has 1 aliphatic rings. The summed E-state index contributed by atoms with van der Waals surface area (Å²) in [4.78, 5) is 19.3. The average molecular weight is 404 g/mol. The third-order valence-electron chi connectivity index (χ3n) is 5.62. The molecule has 5 heterocycles. The van der Waals surface area contributed by atoms with Crippen molar-refractivity contribution >= 4 is 11.5 Å². The maximum Gasteiger partial charge on any atom is 0.266 e. The molecule has 1 aliphatic heterocycles. The number of fused-ring (bicyclic) bond motifs is 1. The Bertz CT molecular complexity index is 1230. The van der Waals surface area contributed by atoms with E-state index in [2.05, 4.69) is 31.2 Å². The van der Waals surface area contributed by atoms with Gasteiger partial charge in [-0.05, 0) is 44.7 Å². The van der Waals surface area contributed by atoms with E-state index in [0.717, 1.165) is 48.8 Å². The molecule has 0 unspecified atom stereocenters. The molecule has 4 aromatic heterocycles. The zero-order valence-corrected chi connectivity index (χ0v) is 17.1. The van der Waals surface area contributed by atoms with Crippen LogP contribution in [-0.2, 0) is 6.54 Å². The summed E-state index contributed by atoms with van der Waals surface area (Å²) in [6.07, 6.45) is 5.50. The maximum absolute atomic E-state index is 12.3. The van der Waals surface area contributed by atoms with Gasteiger partial charge in [-0.1, -0.05) is 0 Å². The Labute approximate surface area is 173 Å². The van der Waals surface area contributed by atoms with Crippen LogP contribution in [0, 0.1) is 19.8 Å². The summed E-state index contributed by atoms with van der Waals surface area (Å²) in [5.41, 5.74) is 2.76. The lowest BCUT2D eigenvalue weighted by Crippen LogP contribution is -2.38. The van der Waals surface area contributed by atoms with E-state index in [4.69, 9.17) is 0 Å². The van der Waals surface area contributed by atoms with Gasteiger partial charge in [0, 0.05) is 55.9 Å². The Morgan fingerprint density at radius 2 is 1.90 bits per heavy atom. The molecule has 0 amide bonds. The van der Waals surface area contributed by atoms with Crippen molar-refractivity contribution in [1.29, 1.82) is 0 Å². The van der Waals surface area contributed by atoms with E-state index >= 15 is 0 Å². The molecule has 4 aromatic rings. The molecule has 9 nitrogen and oxygen atoms in total. The minimum atomic E-state index is -0.0770. The Morgan fingerprint density at radius 1 is 1.07 bits per heavy atom. The van der Waals surface area contributed by atoms with Crippen LogP contribution in [0.5, 0.6) is 0 Å². The predicted octanol–water partition coefficient (Wildman–Crippen LogP) is 2.01. The monoisotopic (exact) mass is 404 g/mol. The molecule has 0 aromatic carbocycles. The van der Waals surface area contributed by atoms with Crippen LogP contribution in [0.15, 0.2) is 47.5 Å². The van der Waals surface area contributed by atoms with Gasteiger partial charge in [0.25, 0.3) is 5.56 Å². The van der Waals surface area contributed by atoms with Gasteiger partial charge in [-0.2, -0.15) is 14.7 Å². The standard InChI is InChI=1S/C21H24N8O/c1-15-13-20(29-19(23-15)12-16(2)24-29)26-10-6-17(7-11-26)14-28-21(30)5-4-18(25-28)27-9-3-8-22-27/h3-5,8-9,12-13,17H,6-7,10-11,14H2,1-2H3.